The predicted molar refractivity (Wildman–Crippen MR) is 118 cm³/mol. The third-order valence-corrected chi connectivity index (χ3v) is 5.47. The lowest BCUT2D eigenvalue weighted by Gasteiger charge is -2.34. The molecule has 1 aliphatic rings. The molecule has 0 saturated carbocycles. The fourth-order valence-corrected chi connectivity index (χ4v) is 3.72. The molecule has 2 atom stereocenters. The van der Waals surface area contributed by atoms with Gasteiger partial charge in [0.15, 0.2) is 23.4 Å². The molecular formula is C24H23NO8. The van der Waals surface area contributed by atoms with Gasteiger partial charge in [0.1, 0.15) is 23.4 Å². The predicted octanol–water partition coefficient (Wildman–Crippen LogP) is 3.18. The second-order valence-electron chi connectivity index (χ2n) is 7.98. The van der Waals surface area contributed by atoms with Crippen molar-refractivity contribution < 1.29 is 39.8 Å². The van der Waals surface area contributed by atoms with Crippen molar-refractivity contribution >= 4 is 11.7 Å². The Morgan fingerprint density at radius 3 is 2.18 bits per heavy atom. The number of rotatable bonds is 4. The van der Waals surface area contributed by atoms with Crippen molar-refractivity contribution in [3.63, 3.8) is 0 Å². The first-order chi connectivity index (χ1) is 15.6. The molecule has 0 fully saturated rings. The van der Waals surface area contributed by atoms with Gasteiger partial charge in [0.2, 0.25) is 0 Å². The van der Waals surface area contributed by atoms with E-state index in [2.05, 4.69) is 0 Å². The number of nitrogens with zero attached hydrogens (tertiary/aromatic N) is 1. The Labute approximate surface area is 189 Å². The first kappa shape index (κ1) is 21.9. The Morgan fingerprint density at radius 1 is 0.939 bits per heavy atom. The molecule has 172 valence electrons. The number of esters is 1. The van der Waals surface area contributed by atoms with E-state index < -0.39 is 35.4 Å². The van der Waals surface area contributed by atoms with Crippen molar-refractivity contribution in [2.75, 3.05) is 19.0 Å². The van der Waals surface area contributed by atoms with Gasteiger partial charge in [0.05, 0.1) is 5.56 Å². The van der Waals surface area contributed by atoms with Crippen molar-refractivity contribution in [1.29, 1.82) is 0 Å². The topological polar surface area (TPSA) is 140 Å². The van der Waals surface area contributed by atoms with E-state index in [4.69, 9.17) is 9.47 Å². The quantitative estimate of drug-likeness (QED) is 0.298. The highest BCUT2D eigenvalue weighted by molar-refractivity contribution is 5.90. The maximum atomic E-state index is 12.9. The zero-order valence-corrected chi connectivity index (χ0v) is 17.9. The van der Waals surface area contributed by atoms with Crippen LogP contribution in [0.2, 0.25) is 0 Å². The summed E-state index contributed by atoms with van der Waals surface area (Å²) in [5, 5.41) is 49.7. The van der Waals surface area contributed by atoms with Gasteiger partial charge in [-0.15, -0.1) is 0 Å². The van der Waals surface area contributed by atoms with Crippen LogP contribution in [0, 0.1) is 0 Å². The van der Waals surface area contributed by atoms with Crippen molar-refractivity contribution in [1.82, 2.24) is 0 Å². The molecule has 1 aliphatic heterocycles. The molecule has 0 bridgehead atoms. The lowest BCUT2D eigenvalue weighted by Crippen LogP contribution is -2.34. The first-order valence-corrected chi connectivity index (χ1v) is 10.1. The maximum absolute atomic E-state index is 12.9. The van der Waals surface area contributed by atoms with Crippen molar-refractivity contribution in [3.05, 3.63) is 65.2 Å². The van der Waals surface area contributed by atoms with Gasteiger partial charge in [-0.3, -0.25) is 0 Å². The number of benzene rings is 3. The van der Waals surface area contributed by atoms with Crippen molar-refractivity contribution in [3.8, 4) is 34.5 Å². The molecule has 0 aliphatic carbocycles. The van der Waals surface area contributed by atoms with Crippen LogP contribution in [0.3, 0.4) is 0 Å². The van der Waals surface area contributed by atoms with Crippen LogP contribution < -0.4 is 9.64 Å². The normalized spacial score (nSPS) is 17.0. The Bertz CT molecular complexity index is 1180. The number of hydrogen-bond donors (Lipinski definition) is 5. The molecule has 0 spiro atoms. The molecule has 0 unspecified atom stereocenters. The third-order valence-electron chi connectivity index (χ3n) is 5.47. The highest BCUT2D eigenvalue weighted by Crippen LogP contribution is 2.45. The number of phenolic OH excluding ortho intramolecular Hbond substituents is 5. The monoisotopic (exact) mass is 453 g/mol. The molecule has 5 N–H and O–H groups in total. The minimum atomic E-state index is -1.01. The van der Waals surface area contributed by atoms with E-state index in [1.54, 1.807) is 24.3 Å². The second-order valence-corrected chi connectivity index (χ2v) is 7.98. The van der Waals surface area contributed by atoms with E-state index in [1.807, 2.05) is 19.0 Å². The van der Waals surface area contributed by atoms with Gasteiger partial charge in [-0.2, -0.15) is 0 Å². The maximum Gasteiger partial charge on any atom is 0.338 e. The highest BCUT2D eigenvalue weighted by Gasteiger charge is 2.37. The van der Waals surface area contributed by atoms with Crippen LogP contribution in [-0.4, -0.2) is 51.7 Å². The number of carbonyl (C=O) groups excluding carboxylic acids is 1. The van der Waals surface area contributed by atoms with Crippen LogP contribution in [0.25, 0.3) is 0 Å². The summed E-state index contributed by atoms with van der Waals surface area (Å²) in [4.78, 5) is 14.8. The molecule has 3 aromatic rings. The summed E-state index contributed by atoms with van der Waals surface area (Å²) in [7, 11) is 3.75. The van der Waals surface area contributed by atoms with Crippen LogP contribution in [0.5, 0.6) is 34.5 Å². The Morgan fingerprint density at radius 2 is 1.58 bits per heavy atom. The first-order valence-electron chi connectivity index (χ1n) is 10.1. The van der Waals surface area contributed by atoms with Gasteiger partial charge >= 0.3 is 5.97 Å². The number of anilines is 1. The fraction of sp³-hybridized carbons (Fsp3) is 0.208. The standard InChI is InChI=1S/C24H23NO8/c1-25(2)14-5-3-12(4-6-14)24(31)33-21-11-16-17(27)9-15(26)10-20(16)32-23(21)13-7-18(28)22(30)19(29)8-13/h3-10,21,23,26-30H,11H2,1-2H3/t21-,23-/m1/s1. The zero-order chi connectivity index (χ0) is 23.9. The molecule has 33 heavy (non-hydrogen) atoms. The number of phenols is 5. The van der Waals surface area contributed by atoms with Gasteiger partial charge in [-0.25, -0.2) is 4.79 Å². The molecule has 0 radical (unpaired) electrons. The van der Waals surface area contributed by atoms with Gasteiger partial charge in [0.25, 0.3) is 0 Å². The number of hydrogen-bond acceptors (Lipinski definition) is 9. The average molecular weight is 453 g/mol. The summed E-state index contributed by atoms with van der Waals surface area (Å²) in [6.07, 6.45) is -1.94. The summed E-state index contributed by atoms with van der Waals surface area (Å²) in [6.45, 7) is 0. The second kappa shape index (κ2) is 8.34. The lowest BCUT2D eigenvalue weighted by molar-refractivity contribution is -0.0188. The number of ether oxygens (including phenoxy) is 2. The molecule has 1 heterocycles. The van der Waals surface area contributed by atoms with Crippen LogP contribution in [0.1, 0.15) is 27.6 Å². The molecule has 0 aromatic heterocycles. The molecule has 4 rings (SSSR count). The van der Waals surface area contributed by atoms with Crippen LogP contribution >= 0.6 is 0 Å². The molecule has 0 amide bonds. The van der Waals surface area contributed by atoms with Crippen molar-refractivity contribution in [2.45, 2.75) is 18.6 Å². The van der Waals surface area contributed by atoms with Gasteiger partial charge in [-0.1, -0.05) is 0 Å². The number of aromatic hydroxyl groups is 5. The smallest absolute Gasteiger partial charge is 0.338 e. The van der Waals surface area contributed by atoms with Crippen LogP contribution in [0.15, 0.2) is 48.5 Å². The lowest BCUT2D eigenvalue weighted by atomic mass is 9.93. The molecular weight excluding hydrogens is 430 g/mol. The van der Waals surface area contributed by atoms with E-state index in [1.165, 1.54) is 18.2 Å². The summed E-state index contributed by atoms with van der Waals surface area (Å²) in [6, 6.07) is 11.6. The molecule has 0 saturated heterocycles. The Hall–Kier alpha value is -4.27. The largest absolute Gasteiger partial charge is 0.508 e. The van der Waals surface area contributed by atoms with Gasteiger partial charge in [0, 0.05) is 49.5 Å². The molecule has 3 aromatic carbocycles. The third kappa shape index (κ3) is 4.25. The van der Waals surface area contributed by atoms with E-state index in [0.29, 0.717) is 11.1 Å². The minimum absolute atomic E-state index is 0.0377. The van der Waals surface area contributed by atoms with Crippen LogP contribution in [0.4, 0.5) is 5.69 Å². The number of carbonyl (C=O) groups is 1. The van der Waals surface area contributed by atoms with Crippen LogP contribution in [-0.2, 0) is 11.2 Å². The highest BCUT2D eigenvalue weighted by atomic mass is 16.6. The summed E-state index contributed by atoms with van der Waals surface area (Å²) < 4.78 is 11.6. The summed E-state index contributed by atoms with van der Waals surface area (Å²) >= 11 is 0. The summed E-state index contributed by atoms with van der Waals surface area (Å²) in [5.74, 6) is -2.78. The van der Waals surface area contributed by atoms with E-state index in [-0.39, 0.29) is 29.2 Å². The van der Waals surface area contributed by atoms with Gasteiger partial charge < -0.3 is 39.9 Å². The zero-order valence-electron chi connectivity index (χ0n) is 17.9. The Balaban J connectivity index is 1.70. The summed E-state index contributed by atoms with van der Waals surface area (Å²) in [5.41, 5.74) is 1.75. The average Bonchev–Trinajstić information content (AvgIpc) is 2.77. The van der Waals surface area contributed by atoms with Crippen molar-refractivity contribution in [2.24, 2.45) is 0 Å². The molecule has 9 nitrogen and oxygen atoms in total. The minimum Gasteiger partial charge on any atom is -0.508 e. The van der Waals surface area contributed by atoms with E-state index >= 15 is 0 Å². The van der Waals surface area contributed by atoms with E-state index in [9.17, 15) is 30.3 Å². The Kier molecular flexibility index (Phi) is 5.55. The SMILES string of the molecule is CN(C)c1ccc(C(=O)O[C@@H]2Cc3c(O)cc(O)cc3O[C@@H]2c2cc(O)c(O)c(O)c2)cc1. The fourth-order valence-electron chi connectivity index (χ4n) is 3.72. The van der Waals surface area contributed by atoms with E-state index in [0.717, 1.165) is 11.8 Å². The molecule has 9 heteroatoms. The van der Waals surface area contributed by atoms with Gasteiger partial charge in [-0.05, 0) is 36.4 Å². The number of fused-ring (bicyclic) bond motifs is 1.